The maximum absolute atomic E-state index is 13.0. The number of amides is 1. The molecule has 1 aromatic heterocycles. The van der Waals surface area contributed by atoms with Gasteiger partial charge in [0, 0.05) is 10.4 Å². The van der Waals surface area contributed by atoms with Gasteiger partial charge >= 0.3 is 5.97 Å². The third-order valence-electron chi connectivity index (χ3n) is 5.02. The van der Waals surface area contributed by atoms with Crippen LogP contribution in [0.2, 0.25) is 0 Å². The molecule has 3 rings (SSSR count). The Morgan fingerprint density at radius 1 is 1.00 bits per heavy atom. The van der Waals surface area contributed by atoms with Crippen molar-refractivity contribution < 1.29 is 23.8 Å². The molecule has 7 nitrogen and oxygen atoms in total. The van der Waals surface area contributed by atoms with E-state index in [4.69, 9.17) is 14.2 Å². The molecule has 0 saturated carbocycles. The van der Waals surface area contributed by atoms with Crippen molar-refractivity contribution in [1.29, 1.82) is 5.26 Å². The number of aryl methyl sites for hydroxylation is 1. The van der Waals surface area contributed by atoms with Crippen LogP contribution in [0.25, 0.3) is 17.2 Å². The van der Waals surface area contributed by atoms with Crippen LogP contribution in [-0.4, -0.2) is 32.2 Å². The smallest absolute Gasteiger partial charge is 0.341 e. The zero-order valence-corrected chi connectivity index (χ0v) is 20.8. The molecule has 8 heteroatoms. The Morgan fingerprint density at radius 3 is 2.09 bits per heavy atom. The Labute approximate surface area is 208 Å². The number of carbonyl (C=O) groups is 2. The monoisotopic (exact) mass is 490 g/mol. The van der Waals surface area contributed by atoms with Crippen LogP contribution in [-0.2, 0) is 9.53 Å². The summed E-state index contributed by atoms with van der Waals surface area (Å²) in [4.78, 5) is 26.5. The molecule has 3 aromatic rings. The molecule has 0 radical (unpaired) electrons. The number of ether oxygens (including phenoxy) is 3. The molecule has 0 bridgehead atoms. The average molecular weight is 491 g/mol. The van der Waals surface area contributed by atoms with Gasteiger partial charge in [-0.1, -0.05) is 24.3 Å². The molecule has 1 amide bonds. The largest absolute Gasteiger partial charge is 0.494 e. The maximum atomic E-state index is 13.0. The summed E-state index contributed by atoms with van der Waals surface area (Å²) in [6.45, 7) is 6.75. The number of anilines is 1. The summed E-state index contributed by atoms with van der Waals surface area (Å²) in [6, 6.07) is 16.3. The molecule has 0 aliphatic rings. The SMILES string of the molecule is CCOc1ccc(C=C(C#N)C(=O)Nc2sc(C)c(-c3ccc(OCC)cc3)c2C(=O)OC)cc1. The van der Waals surface area contributed by atoms with Crippen molar-refractivity contribution in [3.05, 3.63) is 70.1 Å². The quantitative estimate of drug-likeness (QED) is 0.229. The molecule has 0 atom stereocenters. The van der Waals surface area contributed by atoms with E-state index in [1.165, 1.54) is 24.5 Å². The Hall–Kier alpha value is -4.09. The Bertz CT molecular complexity index is 1270. The first-order valence-electron chi connectivity index (χ1n) is 11.0. The summed E-state index contributed by atoms with van der Waals surface area (Å²) >= 11 is 1.25. The van der Waals surface area contributed by atoms with E-state index >= 15 is 0 Å². The highest BCUT2D eigenvalue weighted by Gasteiger charge is 2.26. The zero-order chi connectivity index (χ0) is 25.4. The summed E-state index contributed by atoms with van der Waals surface area (Å²) in [6.07, 6.45) is 1.48. The Morgan fingerprint density at radius 2 is 1.57 bits per heavy atom. The Balaban J connectivity index is 1.94. The van der Waals surface area contributed by atoms with Gasteiger partial charge in [0.25, 0.3) is 5.91 Å². The van der Waals surface area contributed by atoms with E-state index in [0.717, 1.165) is 16.2 Å². The third kappa shape index (κ3) is 6.08. The second-order valence-corrected chi connectivity index (χ2v) is 8.54. The van der Waals surface area contributed by atoms with Gasteiger partial charge in [-0.3, -0.25) is 4.79 Å². The van der Waals surface area contributed by atoms with E-state index in [1.54, 1.807) is 24.3 Å². The highest BCUT2D eigenvalue weighted by Crippen LogP contribution is 2.41. The molecule has 0 aliphatic heterocycles. The van der Waals surface area contributed by atoms with Gasteiger partial charge in [-0.15, -0.1) is 11.3 Å². The summed E-state index contributed by atoms with van der Waals surface area (Å²) in [7, 11) is 1.29. The van der Waals surface area contributed by atoms with E-state index in [2.05, 4.69) is 5.32 Å². The van der Waals surface area contributed by atoms with Gasteiger partial charge in [0.15, 0.2) is 0 Å². The van der Waals surface area contributed by atoms with Crippen LogP contribution >= 0.6 is 11.3 Å². The lowest BCUT2D eigenvalue weighted by molar-refractivity contribution is -0.112. The summed E-state index contributed by atoms with van der Waals surface area (Å²) < 4.78 is 15.9. The predicted octanol–water partition coefficient (Wildman–Crippen LogP) is 5.85. The Kier molecular flexibility index (Phi) is 8.65. The molecule has 0 fully saturated rings. The van der Waals surface area contributed by atoms with Crippen LogP contribution in [0.3, 0.4) is 0 Å². The number of carbonyl (C=O) groups excluding carboxylic acids is 2. The lowest BCUT2D eigenvalue weighted by Gasteiger charge is -2.09. The minimum atomic E-state index is -0.619. The standard InChI is InChI=1S/C27H26N2O5S/c1-5-33-21-11-7-18(8-12-21)15-20(16-28)25(30)29-26-24(27(31)32-4)23(17(3)35-26)19-9-13-22(14-10-19)34-6-2/h7-15H,5-6H2,1-4H3,(H,29,30). The van der Waals surface area contributed by atoms with Crippen LogP contribution in [0, 0.1) is 18.3 Å². The van der Waals surface area contributed by atoms with E-state index in [-0.39, 0.29) is 11.1 Å². The number of hydrogen-bond donors (Lipinski definition) is 1. The summed E-state index contributed by atoms with van der Waals surface area (Å²) in [5.74, 6) is 0.218. The maximum Gasteiger partial charge on any atom is 0.341 e. The topological polar surface area (TPSA) is 97.6 Å². The minimum absolute atomic E-state index is 0.0985. The fraction of sp³-hybridized carbons (Fsp3) is 0.222. The lowest BCUT2D eigenvalue weighted by Crippen LogP contribution is -2.15. The van der Waals surface area contributed by atoms with Crippen molar-refractivity contribution in [2.45, 2.75) is 20.8 Å². The van der Waals surface area contributed by atoms with Crippen molar-refractivity contribution in [2.75, 3.05) is 25.6 Å². The zero-order valence-electron chi connectivity index (χ0n) is 20.0. The molecule has 0 unspecified atom stereocenters. The number of nitrogens with one attached hydrogen (secondary N) is 1. The molecule has 0 spiro atoms. The molecule has 0 saturated heterocycles. The number of benzene rings is 2. The van der Waals surface area contributed by atoms with Gasteiger partial charge in [0.05, 0.1) is 20.3 Å². The van der Waals surface area contributed by atoms with Crippen LogP contribution in [0.4, 0.5) is 5.00 Å². The minimum Gasteiger partial charge on any atom is -0.494 e. The fourth-order valence-electron chi connectivity index (χ4n) is 3.47. The highest BCUT2D eigenvalue weighted by atomic mass is 32.1. The van der Waals surface area contributed by atoms with E-state index < -0.39 is 11.9 Å². The molecule has 0 aliphatic carbocycles. The van der Waals surface area contributed by atoms with Crippen LogP contribution in [0.15, 0.2) is 54.1 Å². The number of methoxy groups -OCH3 is 1. The second kappa shape index (κ2) is 11.9. The molecule has 2 aromatic carbocycles. The normalized spacial score (nSPS) is 10.9. The predicted molar refractivity (Wildman–Crippen MR) is 137 cm³/mol. The van der Waals surface area contributed by atoms with E-state index in [1.807, 2.05) is 51.1 Å². The number of nitrogens with zero attached hydrogens (tertiary/aromatic N) is 1. The van der Waals surface area contributed by atoms with E-state index in [9.17, 15) is 14.9 Å². The van der Waals surface area contributed by atoms with Gasteiger partial charge in [0.1, 0.15) is 33.7 Å². The second-order valence-electron chi connectivity index (χ2n) is 7.31. The highest BCUT2D eigenvalue weighted by molar-refractivity contribution is 7.17. The first kappa shape index (κ1) is 25.5. The van der Waals surface area contributed by atoms with Crippen LogP contribution < -0.4 is 14.8 Å². The molecule has 35 heavy (non-hydrogen) atoms. The number of thiophene rings is 1. The third-order valence-corrected chi connectivity index (χ3v) is 6.04. The molecular weight excluding hydrogens is 464 g/mol. The van der Waals surface area contributed by atoms with Crippen LogP contribution in [0.1, 0.15) is 34.6 Å². The number of rotatable bonds is 9. The number of esters is 1. The fourth-order valence-corrected chi connectivity index (χ4v) is 4.53. The first-order valence-corrected chi connectivity index (χ1v) is 11.8. The van der Waals surface area contributed by atoms with Crippen molar-refractivity contribution >= 4 is 34.3 Å². The van der Waals surface area contributed by atoms with Crippen molar-refractivity contribution in [2.24, 2.45) is 0 Å². The lowest BCUT2D eigenvalue weighted by atomic mass is 10.0. The van der Waals surface area contributed by atoms with Crippen molar-refractivity contribution in [3.8, 4) is 28.7 Å². The number of hydrogen-bond acceptors (Lipinski definition) is 7. The van der Waals surface area contributed by atoms with Gasteiger partial charge < -0.3 is 19.5 Å². The van der Waals surface area contributed by atoms with Gasteiger partial charge in [-0.25, -0.2) is 4.79 Å². The summed E-state index contributed by atoms with van der Waals surface area (Å²) in [5.41, 5.74) is 2.26. The van der Waals surface area contributed by atoms with Gasteiger partial charge in [-0.05, 0) is 62.2 Å². The molecule has 1 heterocycles. The molecule has 1 N–H and O–H groups in total. The molecule has 180 valence electrons. The van der Waals surface area contributed by atoms with Gasteiger partial charge in [-0.2, -0.15) is 5.26 Å². The van der Waals surface area contributed by atoms with Crippen LogP contribution in [0.5, 0.6) is 11.5 Å². The van der Waals surface area contributed by atoms with Gasteiger partial charge in [0.2, 0.25) is 0 Å². The first-order chi connectivity index (χ1) is 16.9. The summed E-state index contributed by atoms with van der Waals surface area (Å²) in [5, 5.41) is 12.6. The van der Waals surface area contributed by atoms with Crippen molar-refractivity contribution in [1.82, 2.24) is 0 Å². The number of nitriles is 1. The van der Waals surface area contributed by atoms with E-state index in [0.29, 0.717) is 35.1 Å². The van der Waals surface area contributed by atoms with Crippen molar-refractivity contribution in [3.63, 3.8) is 0 Å². The average Bonchev–Trinajstić information content (AvgIpc) is 3.19. The molecular formula is C27H26N2O5S.